The van der Waals surface area contributed by atoms with Crippen LogP contribution in [0.2, 0.25) is 0 Å². The molecule has 0 aliphatic rings. The van der Waals surface area contributed by atoms with E-state index in [2.05, 4.69) is 69.4 Å². The lowest BCUT2D eigenvalue weighted by molar-refractivity contribution is 0.319. The van der Waals surface area contributed by atoms with Gasteiger partial charge >= 0.3 is 0 Å². The zero-order valence-electron chi connectivity index (χ0n) is 14.9. The number of nitrogens with zero attached hydrogens (tertiary/aromatic N) is 2. The van der Waals surface area contributed by atoms with Crippen LogP contribution >= 0.6 is 15.9 Å². The van der Waals surface area contributed by atoms with Gasteiger partial charge in [0.2, 0.25) is 0 Å². The quantitative estimate of drug-likeness (QED) is 0.337. The molecule has 2 aromatic carbocycles. The van der Waals surface area contributed by atoms with E-state index < -0.39 is 5.41 Å². The second-order valence-corrected chi connectivity index (χ2v) is 7.33. The standard InChI is InChI=1S/C22H21BrN2O/c1-16-6-3-4-9-21(16)22(11-13-25-26,18-7-5-8-20(23)15-18)19-10-12-24-17(2)14-19/h3-10,12-15,26H,11H2,1-2H3. The summed E-state index contributed by atoms with van der Waals surface area (Å²) in [4.78, 5) is 4.37. The summed E-state index contributed by atoms with van der Waals surface area (Å²) < 4.78 is 1.01. The molecule has 0 saturated heterocycles. The van der Waals surface area contributed by atoms with Crippen molar-refractivity contribution in [1.29, 1.82) is 0 Å². The van der Waals surface area contributed by atoms with Crippen molar-refractivity contribution in [1.82, 2.24) is 4.98 Å². The second-order valence-electron chi connectivity index (χ2n) is 6.42. The normalized spacial score (nSPS) is 13.7. The number of pyridine rings is 1. The first-order valence-corrected chi connectivity index (χ1v) is 9.28. The third kappa shape index (κ3) is 3.42. The lowest BCUT2D eigenvalue weighted by Crippen LogP contribution is -2.31. The van der Waals surface area contributed by atoms with Gasteiger partial charge in [-0.1, -0.05) is 52.3 Å². The van der Waals surface area contributed by atoms with Crippen LogP contribution in [0.3, 0.4) is 0 Å². The van der Waals surface area contributed by atoms with Gasteiger partial charge in [-0.2, -0.15) is 0 Å². The zero-order valence-corrected chi connectivity index (χ0v) is 16.4. The summed E-state index contributed by atoms with van der Waals surface area (Å²) in [5.74, 6) is 0. The first-order chi connectivity index (χ1) is 12.6. The molecule has 1 unspecified atom stereocenters. The van der Waals surface area contributed by atoms with Crippen molar-refractivity contribution in [3.8, 4) is 0 Å². The van der Waals surface area contributed by atoms with Crippen LogP contribution in [0.1, 0.15) is 34.4 Å². The summed E-state index contributed by atoms with van der Waals surface area (Å²) in [6, 6.07) is 20.8. The maximum Gasteiger partial charge on any atom is 0.0506 e. The fourth-order valence-corrected chi connectivity index (χ4v) is 4.02. The fraction of sp³-hybridized carbons (Fsp3) is 0.182. The van der Waals surface area contributed by atoms with E-state index in [1.54, 1.807) is 6.21 Å². The molecule has 4 heteroatoms. The molecule has 3 rings (SSSR count). The topological polar surface area (TPSA) is 45.5 Å². The van der Waals surface area contributed by atoms with Crippen molar-refractivity contribution in [2.45, 2.75) is 25.7 Å². The number of aromatic nitrogens is 1. The number of aryl methyl sites for hydroxylation is 2. The van der Waals surface area contributed by atoms with E-state index in [0.29, 0.717) is 6.42 Å². The highest BCUT2D eigenvalue weighted by Crippen LogP contribution is 2.43. The van der Waals surface area contributed by atoms with E-state index in [0.717, 1.165) is 21.3 Å². The van der Waals surface area contributed by atoms with E-state index in [4.69, 9.17) is 0 Å². The maximum absolute atomic E-state index is 9.20. The molecule has 0 saturated carbocycles. The van der Waals surface area contributed by atoms with Crippen LogP contribution in [0, 0.1) is 13.8 Å². The molecule has 0 radical (unpaired) electrons. The molecule has 1 atom stereocenters. The van der Waals surface area contributed by atoms with Gasteiger partial charge in [-0.05, 0) is 60.4 Å². The maximum atomic E-state index is 9.20. The second kappa shape index (κ2) is 7.83. The van der Waals surface area contributed by atoms with E-state index in [1.807, 2.05) is 37.4 Å². The molecule has 0 aliphatic heterocycles. The average molecular weight is 409 g/mol. The molecule has 1 N–H and O–H groups in total. The Labute approximate surface area is 162 Å². The highest BCUT2D eigenvalue weighted by molar-refractivity contribution is 9.10. The molecular formula is C22H21BrN2O. The summed E-state index contributed by atoms with van der Waals surface area (Å²) >= 11 is 3.61. The summed E-state index contributed by atoms with van der Waals surface area (Å²) in [6.45, 7) is 4.11. The molecule has 3 nitrogen and oxygen atoms in total. The number of oxime groups is 1. The third-order valence-corrected chi connectivity index (χ3v) is 5.28. The van der Waals surface area contributed by atoms with Gasteiger partial charge in [0.25, 0.3) is 0 Å². The van der Waals surface area contributed by atoms with Crippen molar-refractivity contribution < 1.29 is 5.21 Å². The van der Waals surface area contributed by atoms with Gasteiger partial charge in [0.1, 0.15) is 0 Å². The first-order valence-electron chi connectivity index (χ1n) is 8.49. The summed E-state index contributed by atoms with van der Waals surface area (Å²) in [5.41, 5.74) is 5.10. The number of rotatable bonds is 5. The van der Waals surface area contributed by atoms with Crippen molar-refractivity contribution in [3.63, 3.8) is 0 Å². The highest BCUT2D eigenvalue weighted by atomic mass is 79.9. The Hall–Kier alpha value is -2.46. The van der Waals surface area contributed by atoms with Crippen molar-refractivity contribution in [2.24, 2.45) is 5.16 Å². The molecule has 1 aromatic heterocycles. The van der Waals surface area contributed by atoms with E-state index >= 15 is 0 Å². The van der Waals surface area contributed by atoms with Crippen LogP contribution in [0.4, 0.5) is 0 Å². The van der Waals surface area contributed by atoms with E-state index in [9.17, 15) is 5.21 Å². The third-order valence-electron chi connectivity index (χ3n) is 4.79. The molecule has 0 amide bonds. The van der Waals surface area contributed by atoms with Crippen molar-refractivity contribution in [2.75, 3.05) is 0 Å². The minimum absolute atomic E-state index is 0.477. The molecule has 0 bridgehead atoms. The Morgan fingerprint density at radius 1 is 1.04 bits per heavy atom. The molecule has 3 aromatic rings. The van der Waals surface area contributed by atoms with Crippen LogP contribution < -0.4 is 0 Å². The van der Waals surface area contributed by atoms with Crippen molar-refractivity contribution >= 4 is 22.1 Å². The van der Waals surface area contributed by atoms with Crippen LogP contribution in [0.25, 0.3) is 0 Å². The predicted octanol–water partition coefficient (Wildman–Crippen LogP) is 5.65. The van der Waals surface area contributed by atoms with Gasteiger partial charge < -0.3 is 5.21 Å². The van der Waals surface area contributed by atoms with Gasteiger partial charge in [0, 0.05) is 29.0 Å². The lowest BCUT2D eigenvalue weighted by atomic mass is 9.66. The largest absolute Gasteiger partial charge is 0.411 e. The molecule has 0 spiro atoms. The molecule has 0 aliphatic carbocycles. The number of hydrogen-bond donors (Lipinski definition) is 1. The zero-order chi connectivity index (χ0) is 18.6. The summed E-state index contributed by atoms with van der Waals surface area (Å²) in [6.07, 6.45) is 3.95. The summed E-state index contributed by atoms with van der Waals surface area (Å²) in [5, 5.41) is 12.5. The molecule has 26 heavy (non-hydrogen) atoms. The Morgan fingerprint density at radius 3 is 2.50 bits per heavy atom. The van der Waals surface area contributed by atoms with Gasteiger partial charge in [-0.3, -0.25) is 4.98 Å². The monoisotopic (exact) mass is 408 g/mol. The van der Waals surface area contributed by atoms with Gasteiger partial charge in [-0.25, -0.2) is 0 Å². The average Bonchev–Trinajstić information content (AvgIpc) is 2.64. The lowest BCUT2D eigenvalue weighted by Gasteiger charge is -2.36. The Balaban J connectivity index is 2.40. The van der Waals surface area contributed by atoms with E-state index in [1.165, 1.54) is 11.1 Å². The Morgan fingerprint density at radius 2 is 1.81 bits per heavy atom. The molecule has 1 heterocycles. The summed E-state index contributed by atoms with van der Waals surface area (Å²) in [7, 11) is 0. The smallest absolute Gasteiger partial charge is 0.0506 e. The minimum atomic E-state index is -0.477. The van der Waals surface area contributed by atoms with Crippen LogP contribution in [0.15, 0.2) is 76.5 Å². The van der Waals surface area contributed by atoms with Gasteiger partial charge in [0.15, 0.2) is 0 Å². The Bertz CT molecular complexity index is 891. The SMILES string of the molecule is Cc1cc(C(CC=NO)(c2cccc(Br)c2)c2ccccc2C)ccn1. The number of halogens is 1. The molecule has 132 valence electrons. The van der Waals surface area contributed by atoms with Crippen LogP contribution in [0.5, 0.6) is 0 Å². The van der Waals surface area contributed by atoms with Gasteiger partial charge in [-0.15, -0.1) is 5.16 Å². The van der Waals surface area contributed by atoms with Crippen molar-refractivity contribution in [3.05, 3.63) is 99.3 Å². The van der Waals surface area contributed by atoms with Crippen LogP contribution in [-0.4, -0.2) is 16.4 Å². The highest BCUT2D eigenvalue weighted by Gasteiger charge is 2.37. The number of benzene rings is 2. The molecule has 0 fully saturated rings. The first kappa shape index (κ1) is 18.3. The van der Waals surface area contributed by atoms with Gasteiger partial charge in [0.05, 0.1) is 5.41 Å². The van der Waals surface area contributed by atoms with Crippen LogP contribution in [-0.2, 0) is 5.41 Å². The minimum Gasteiger partial charge on any atom is -0.411 e. The predicted molar refractivity (Wildman–Crippen MR) is 109 cm³/mol. The molecular weight excluding hydrogens is 388 g/mol. The fourth-order valence-electron chi connectivity index (χ4n) is 3.62. The number of hydrogen-bond acceptors (Lipinski definition) is 3. The van der Waals surface area contributed by atoms with E-state index in [-0.39, 0.29) is 0 Å². The Kier molecular flexibility index (Phi) is 5.52.